The molecule has 0 unspecified atom stereocenters. The van der Waals surface area contributed by atoms with Crippen molar-refractivity contribution in [3.63, 3.8) is 0 Å². The van der Waals surface area contributed by atoms with E-state index in [0.29, 0.717) is 18.2 Å². The summed E-state index contributed by atoms with van der Waals surface area (Å²) in [5.74, 6) is 0.0101. The minimum absolute atomic E-state index is 0.152. The first-order valence-corrected chi connectivity index (χ1v) is 7.17. The van der Waals surface area contributed by atoms with Crippen molar-refractivity contribution in [3.8, 4) is 0 Å². The highest BCUT2D eigenvalue weighted by Gasteiger charge is 2.28. The summed E-state index contributed by atoms with van der Waals surface area (Å²) in [6.45, 7) is 1.75. The van der Waals surface area contributed by atoms with Gasteiger partial charge in [-0.15, -0.1) is 0 Å². The average Bonchev–Trinajstić information content (AvgIpc) is 2.56. The van der Waals surface area contributed by atoms with Crippen LogP contribution in [0.3, 0.4) is 0 Å². The molecule has 2 rings (SSSR count). The van der Waals surface area contributed by atoms with E-state index >= 15 is 0 Å². The molecule has 2 fully saturated rings. The zero-order chi connectivity index (χ0) is 13.0. The first-order valence-electron chi connectivity index (χ1n) is 7.17. The zero-order valence-electron chi connectivity index (χ0n) is 10.9. The van der Waals surface area contributed by atoms with Crippen molar-refractivity contribution >= 4 is 11.9 Å². The highest BCUT2D eigenvalue weighted by molar-refractivity contribution is 5.76. The number of carboxylic acid groups (broad SMARTS) is 1. The molecule has 102 valence electrons. The van der Waals surface area contributed by atoms with Gasteiger partial charge in [0, 0.05) is 19.5 Å². The fraction of sp³-hybridized carbons (Fsp3) is 0.857. The van der Waals surface area contributed by atoms with Crippen LogP contribution >= 0.6 is 0 Å². The van der Waals surface area contributed by atoms with Crippen LogP contribution in [0.2, 0.25) is 0 Å². The van der Waals surface area contributed by atoms with Gasteiger partial charge in [-0.1, -0.05) is 6.42 Å². The van der Waals surface area contributed by atoms with Crippen LogP contribution in [0.4, 0.5) is 0 Å². The Labute approximate surface area is 108 Å². The van der Waals surface area contributed by atoms with Gasteiger partial charge in [0.15, 0.2) is 0 Å². The molecular weight excluding hydrogens is 230 g/mol. The molecule has 1 N–H and O–H groups in total. The number of carboxylic acids is 1. The van der Waals surface area contributed by atoms with E-state index in [1.54, 1.807) is 0 Å². The van der Waals surface area contributed by atoms with E-state index < -0.39 is 5.97 Å². The smallest absolute Gasteiger partial charge is 0.306 e. The molecule has 4 nitrogen and oxygen atoms in total. The first-order chi connectivity index (χ1) is 8.66. The molecule has 4 heteroatoms. The maximum absolute atomic E-state index is 11.9. The van der Waals surface area contributed by atoms with Crippen molar-refractivity contribution in [3.05, 3.63) is 0 Å². The second-order valence-corrected chi connectivity index (χ2v) is 5.71. The van der Waals surface area contributed by atoms with E-state index in [9.17, 15) is 9.59 Å². The number of amides is 1. The lowest BCUT2D eigenvalue weighted by atomic mass is 9.82. The van der Waals surface area contributed by atoms with Crippen molar-refractivity contribution in [2.24, 2.45) is 11.8 Å². The quantitative estimate of drug-likeness (QED) is 0.839. The van der Waals surface area contributed by atoms with E-state index in [0.717, 1.165) is 58.0 Å². The van der Waals surface area contributed by atoms with Gasteiger partial charge in [0.25, 0.3) is 0 Å². The molecule has 1 saturated heterocycles. The Morgan fingerprint density at radius 3 is 2.56 bits per heavy atom. The maximum atomic E-state index is 11.9. The standard InChI is InChI=1S/C14H23NO3/c16-13-4-2-1-3-9-15(13)10-11-5-7-12(8-6-11)14(17)18/h11-12H,1-10H2,(H,17,18). The predicted molar refractivity (Wildman–Crippen MR) is 68.1 cm³/mol. The van der Waals surface area contributed by atoms with Gasteiger partial charge in [-0.05, 0) is 44.4 Å². The zero-order valence-corrected chi connectivity index (χ0v) is 10.9. The van der Waals surface area contributed by atoms with Crippen LogP contribution in [-0.2, 0) is 9.59 Å². The number of carbonyl (C=O) groups is 2. The van der Waals surface area contributed by atoms with E-state index in [-0.39, 0.29) is 5.92 Å². The number of aliphatic carboxylic acids is 1. The van der Waals surface area contributed by atoms with Gasteiger partial charge in [-0.2, -0.15) is 0 Å². The summed E-state index contributed by atoms with van der Waals surface area (Å²) in [6, 6.07) is 0. The summed E-state index contributed by atoms with van der Waals surface area (Å²) in [5, 5.41) is 8.96. The van der Waals surface area contributed by atoms with Crippen molar-refractivity contribution in [1.82, 2.24) is 4.90 Å². The lowest BCUT2D eigenvalue weighted by molar-refractivity contribution is -0.143. The van der Waals surface area contributed by atoms with Gasteiger partial charge < -0.3 is 10.0 Å². The Kier molecular flexibility index (Phi) is 4.61. The number of nitrogens with zero attached hydrogens (tertiary/aromatic N) is 1. The van der Waals surface area contributed by atoms with Crippen LogP contribution < -0.4 is 0 Å². The normalized spacial score (nSPS) is 30.0. The van der Waals surface area contributed by atoms with E-state index in [4.69, 9.17) is 5.11 Å². The van der Waals surface area contributed by atoms with Crippen LogP contribution in [0.15, 0.2) is 0 Å². The van der Waals surface area contributed by atoms with Gasteiger partial charge in [-0.3, -0.25) is 9.59 Å². The summed E-state index contributed by atoms with van der Waals surface area (Å²) >= 11 is 0. The molecule has 0 atom stereocenters. The maximum Gasteiger partial charge on any atom is 0.306 e. The van der Waals surface area contributed by atoms with Crippen LogP contribution in [-0.4, -0.2) is 35.0 Å². The summed E-state index contributed by atoms with van der Waals surface area (Å²) in [6.07, 6.45) is 7.49. The molecule has 18 heavy (non-hydrogen) atoms. The lowest BCUT2D eigenvalue weighted by Gasteiger charge is -2.31. The van der Waals surface area contributed by atoms with Crippen molar-refractivity contribution < 1.29 is 14.7 Å². The monoisotopic (exact) mass is 253 g/mol. The minimum atomic E-state index is -0.653. The Bertz CT molecular complexity index is 308. The summed E-state index contributed by atoms with van der Waals surface area (Å²) in [7, 11) is 0. The molecule has 0 aromatic heterocycles. The fourth-order valence-corrected chi connectivity index (χ4v) is 3.14. The third-order valence-electron chi connectivity index (χ3n) is 4.35. The number of carbonyl (C=O) groups excluding carboxylic acids is 1. The van der Waals surface area contributed by atoms with Crippen molar-refractivity contribution in [1.29, 1.82) is 0 Å². The van der Waals surface area contributed by atoms with Crippen LogP contribution in [0.25, 0.3) is 0 Å². The minimum Gasteiger partial charge on any atom is -0.481 e. The number of rotatable bonds is 3. The highest BCUT2D eigenvalue weighted by atomic mass is 16.4. The summed E-state index contributed by atoms with van der Waals surface area (Å²) in [5.41, 5.74) is 0. The number of likely N-dealkylation sites (tertiary alicyclic amines) is 1. The van der Waals surface area contributed by atoms with Gasteiger partial charge in [-0.25, -0.2) is 0 Å². The van der Waals surface area contributed by atoms with Gasteiger partial charge >= 0.3 is 5.97 Å². The van der Waals surface area contributed by atoms with E-state index in [1.807, 2.05) is 4.90 Å². The molecule has 1 amide bonds. The molecule has 0 aromatic carbocycles. The third-order valence-corrected chi connectivity index (χ3v) is 4.35. The molecule has 0 bridgehead atoms. The summed E-state index contributed by atoms with van der Waals surface area (Å²) < 4.78 is 0. The number of hydrogen-bond donors (Lipinski definition) is 1. The second-order valence-electron chi connectivity index (χ2n) is 5.71. The Morgan fingerprint density at radius 1 is 1.17 bits per heavy atom. The molecule has 0 spiro atoms. The lowest BCUT2D eigenvalue weighted by Crippen LogP contribution is -2.36. The molecule has 0 aromatic rings. The molecular formula is C14H23NO3. The molecule has 1 aliphatic carbocycles. The van der Waals surface area contributed by atoms with Gasteiger partial charge in [0.1, 0.15) is 0 Å². The Hall–Kier alpha value is -1.06. The van der Waals surface area contributed by atoms with Gasteiger partial charge in [0.05, 0.1) is 5.92 Å². The van der Waals surface area contributed by atoms with E-state index in [2.05, 4.69) is 0 Å². The molecule has 1 saturated carbocycles. The molecule has 1 aliphatic heterocycles. The predicted octanol–water partition coefficient (Wildman–Crippen LogP) is 2.28. The molecule has 2 aliphatic rings. The fourth-order valence-electron chi connectivity index (χ4n) is 3.14. The Balaban J connectivity index is 1.79. The third kappa shape index (κ3) is 3.47. The SMILES string of the molecule is O=C(O)C1CCC(CN2CCCCCC2=O)CC1. The van der Waals surface area contributed by atoms with Crippen LogP contribution in [0, 0.1) is 11.8 Å². The van der Waals surface area contributed by atoms with Crippen LogP contribution in [0.5, 0.6) is 0 Å². The van der Waals surface area contributed by atoms with Crippen LogP contribution in [0.1, 0.15) is 51.4 Å². The summed E-state index contributed by atoms with van der Waals surface area (Å²) in [4.78, 5) is 24.8. The van der Waals surface area contributed by atoms with Gasteiger partial charge in [0.2, 0.25) is 5.91 Å². The average molecular weight is 253 g/mol. The number of hydrogen-bond acceptors (Lipinski definition) is 2. The Morgan fingerprint density at radius 2 is 1.89 bits per heavy atom. The van der Waals surface area contributed by atoms with Crippen molar-refractivity contribution in [2.45, 2.75) is 51.4 Å². The highest BCUT2D eigenvalue weighted by Crippen LogP contribution is 2.30. The molecule has 0 radical (unpaired) electrons. The second kappa shape index (κ2) is 6.21. The van der Waals surface area contributed by atoms with Crippen molar-refractivity contribution in [2.75, 3.05) is 13.1 Å². The van der Waals surface area contributed by atoms with E-state index in [1.165, 1.54) is 0 Å². The largest absolute Gasteiger partial charge is 0.481 e. The first kappa shape index (κ1) is 13.4. The topological polar surface area (TPSA) is 57.6 Å². The molecule has 1 heterocycles.